The van der Waals surface area contributed by atoms with Crippen LogP contribution in [0.15, 0.2) is 0 Å². The predicted octanol–water partition coefficient (Wildman–Crippen LogP) is 3.18. The van der Waals surface area contributed by atoms with Crippen LogP contribution in [0.3, 0.4) is 0 Å². The highest BCUT2D eigenvalue weighted by Gasteiger charge is 2.38. The Morgan fingerprint density at radius 3 is 2.48 bits per heavy atom. The van der Waals surface area contributed by atoms with E-state index >= 15 is 0 Å². The van der Waals surface area contributed by atoms with E-state index in [0.717, 1.165) is 13.1 Å². The van der Waals surface area contributed by atoms with Crippen molar-refractivity contribution >= 4 is 0 Å². The van der Waals surface area contributed by atoms with E-state index in [1.54, 1.807) is 0 Å². The average molecular weight is 340 g/mol. The highest BCUT2D eigenvalue weighted by atomic mass is 15.3. The van der Waals surface area contributed by atoms with Crippen molar-refractivity contribution in [2.45, 2.75) is 76.9 Å². The molecule has 2 saturated carbocycles. The van der Waals surface area contributed by atoms with E-state index in [-0.39, 0.29) is 0 Å². The van der Waals surface area contributed by atoms with Crippen molar-refractivity contribution in [3.05, 3.63) is 28.6 Å². The van der Waals surface area contributed by atoms with Gasteiger partial charge in [0.15, 0.2) is 0 Å². The molecular weight excluding hydrogens is 312 g/mol. The smallest absolute Gasteiger partial charge is 0.147 e. The highest BCUT2D eigenvalue weighted by molar-refractivity contribution is 5.29. The van der Waals surface area contributed by atoms with Gasteiger partial charge in [0.1, 0.15) is 11.6 Å². The van der Waals surface area contributed by atoms with Gasteiger partial charge < -0.3 is 4.57 Å². The van der Waals surface area contributed by atoms with Gasteiger partial charge in [-0.15, -0.1) is 10.2 Å². The van der Waals surface area contributed by atoms with E-state index in [1.165, 1.54) is 67.1 Å². The first-order valence-electron chi connectivity index (χ1n) is 9.81. The Morgan fingerprint density at radius 1 is 1.04 bits per heavy atom. The van der Waals surface area contributed by atoms with E-state index in [1.807, 2.05) is 4.68 Å². The van der Waals surface area contributed by atoms with Crippen LogP contribution in [0.25, 0.3) is 0 Å². The predicted molar refractivity (Wildman–Crippen MR) is 95.3 cm³/mol. The second-order valence-electron chi connectivity index (χ2n) is 8.19. The summed E-state index contributed by atoms with van der Waals surface area (Å²) in [7, 11) is 2.05. The van der Waals surface area contributed by atoms with Gasteiger partial charge >= 0.3 is 0 Å². The van der Waals surface area contributed by atoms with Gasteiger partial charge in [-0.05, 0) is 58.9 Å². The number of aryl methyl sites for hydroxylation is 2. The summed E-state index contributed by atoms with van der Waals surface area (Å²) in [6.45, 7) is 6.42. The van der Waals surface area contributed by atoms with Crippen LogP contribution in [-0.2, 0) is 13.6 Å². The van der Waals surface area contributed by atoms with Gasteiger partial charge in [0, 0.05) is 36.3 Å². The average Bonchev–Trinajstić information content (AvgIpc) is 3.50. The Balaban J connectivity index is 1.44. The minimum absolute atomic E-state index is 0.474. The molecule has 25 heavy (non-hydrogen) atoms. The highest BCUT2D eigenvalue weighted by Crippen LogP contribution is 2.45. The zero-order valence-electron chi connectivity index (χ0n) is 15.6. The van der Waals surface area contributed by atoms with Gasteiger partial charge in [-0.25, -0.2) is 0 Å². The molecule has 3 heterocycles. The molecule has 2 aromatic heterocycles. The molecule has 0 N–H and O–H groups in total. The zero-order chi connectivity index (χ0) is 17.1. The van der Waals surface area contributed by atoms with Gasteiger partial charge in [0.25, 0.3) is 0 Å². The van der Waals surface area contributed by atoms with E-state index in [4.69, 9.17) is 0 Å². The first kappa shape index (κ1) is 15.6. The number of rotatable bonds is 5. The molecule has 2 aliphatic carbocycles. The molecule has 1 saturated heterocycles. The summed E-state index contributed by atoms with van der Waals surface area (Å²) >= 11 is 0. The van der Waals surface area contributed by atoms with Crippen LogP contribution in [0.1, 0.15) is 85.1 Å². The van der Waals surface area contributed by atoms with Crippen LogP contribution in [0.4, 0.5) is 0 Å². The molecule has 6 nitrogen and oxygen atoms in total. The maximum absolute atomic E-state index is 4.64. The van der Waals surface area contributed by atoms with Crippen LogP contribution >= 0.6 is 0 Å². The molecule has 0 bridgehead atoms. The van der Waals surface area contributed by atoms with Crippen molar-refractivity contribution in [3.63, 3.8) is 0 Å². The molecule has 0 aromatic carbocycles. The first-order chi connectivity index (χ1) is 12.1. The molecule has 134 valence electrons. The monoisotopic (exact) mass is 340 g/mol. The van der Waals surface area contributed by atoms with Crippen molar-refractivity contribution < 1.29 is 0 Å². The second-order valence-corrected chi connectivity index (χ2v) is 8.19. The second kappa shape index (κ2) is 5.66. The van der Waals surface area contributed by atoms with E-state index < -0.39 is 0 Å². The summed E-state index contributed by atoms with van der Waals surface area (Å²) < 4.78 is 4.52. The maximum Gasteiger partial charge on any atom is 0.147 e. The van der Waals surface area contributed by atoms with Crippen molar-refractivity contribution in [1.29, 1.82) is 0 Å². The SMILES string of the molecule is Cc1nn(C)c(C)c1[C@@H]1CCCN1Cc1nnc(C2CC2)n1C1CC1. The van der Waals surface area contributed by atoms with Crippen LogP contribution < -0.4 is 0 Å². The van der Waals surface area contributed by atoms with E-state index in [2.05, 4.69) is 45.7 Å². The normalized spacial score (nSPS) is 24.4. The number of hydrogen-bond donors (Lipinski definition) is 0. The Kier molecular flexibility index (Phi) is 3.52. The third-order valence-electron chi connectivity index (χ3n) is 6.25. The molecule has 1 atom stereocenters. The van der Waals surface area contributed by atoms with Crippen molar-refractivity contribution in [1.82, 2.24) is 29.4 Å². The largest absolute Gasteiger partial charge is 0.311 e. The zero-order valence-corrected chi connectivity index (χ0v) is 15.6. The molecule has 1 aliphatic heterocycles. The number of hydrogen-bond acceptors (Lipinski definition) is 4. The van der Waals surface area contributed by atoms with Gasteiger partial charge in [-0.2, -0.15) is 5.10 Å². The molecular formula is C19H28N6. The Morgan fingerprint density at radius 2 is 1.84 bits per heavy atom. The van der Waals surface area contributed by atoms with Crippen LogP contribution in [-0.4, -0.2) is 36.0 Å². The lowest BCUT2D eigenvalue weighted by atomic mass is 10.0. The summed E-state index contributed by atoms with van der Waals surface area (Å²) in [6, 6.07) is 1.14. The number of nitrogens with zero attached hydrogens (tertiary/aromatic N) is 6. The molecule has 3 fully saturated rings. The Labute approximate surface area is 149 Å². The van der Waals surface area contributed by atoms with Gasteiger partial charge in [-0.3, -0.25) is 9.58 Å². The molecule has 5 rings (SSSR count). The summed E-state index contributed by atoms with van der Waals surface area (Å²) in [6.07, 6.45) is 7.67. The van der Waals surface area contributed by atoms with Crippen LogP contribution in [0.2, 0.25) is 0 Å². The fourth-order valence-electron chi connectivity index (χ4n) is 4.59. The lowest BCUT2D eigenvalue weighted by Crippen LogP contribution is -2.25. The van der Waals surface area contributed by atoms with E-state index in [9.17, 15) is 0 Å². The number of aromatic nitrogens is 5. The maximum atomic E-state index is 4.64. The first-order valence-corrected chi connectivity index (χ1v) is 9.81. The summed E-state index contributed by atoms with van der Waals surface area (Å²) in [5.74, 6) is 3.14. The van der Waals surface area contributed by atoms with Crippen molar-refractivity contribution in [2.24, 2.45) is 7.05 Å². The summed E-state index contributed by atoms with van der Waals surface area (Å²) in [5, 5.41) is 13.9. The standard InChI is InChI=1S/C19H28N6/c1-12-18(13(2)23(3)22-12)16-5-4-10-24(16)11-17-20-21-19(14-6-7-14)25(17)15-8-9-15/h14-16H,4-11H2,1-3H3/t16-/m0/s1. The van der Waals surface area contributed by atoms with Crippen molar-refractivity contribution in [3.8, 4) is 0 Å². The van der Waals surface area contributed by atoms with E-state index in [0.29, 0.717) is 18.0 Å². The van der Waals surface area contributed by atoms with Gasteiger partial charge in [0.05, 0.1) is 12.2 Å². The fourth-order valence-corrected chi connectivity index (χ4v) is 4.59. The number of likely N-dealkylation sites (tertiary alicyclic amines) is 1. The summed E-state index contributed by atoms with van der Waals surface area (Å²) in [4.78, 5) is 2.61. The topological polar surface area (TPSA) is 51.8 Å². The lowest BCUT2D eigenvalue weighted by Gasteiger charge is -2.25. The molecule has 0 radical (unpaired) electrons. The minimum Gasteiger partial charge on any atom is -0.311 e. The molecule has 6 heteroatoms. The Hall–Kier alpha value is -1.69. The quantitative estimate of drug-likeness (QED) is 0.839. The van der Waals surface area contributed by atoms with Crippen LogP contribution in [0.5, 0.6) is 0 Å². The minimum atomic E-state index is 0.474. The third kappa shape index (κ3) is 2.62. The molecule has 2 aromatic rings. The molecule has 3 aliphatic rings. The lowest BCUT2D eigenvalue weighted by molar-refractivity contribution is 0.237. The van der Waals surface area contributed by atoms with Gasteiger partial charge in [-0.1, -0.05) is 0 Å². The summed E-state index contributed by atoms with van der Waals surface area (Å²) in [5.41, 5.74) is 3.91. The fraction of sp³-hybridized carbons (Fsp3) is 0.737. The molecule has 0 amide bonds. The third-order valence-corrected chi connectivity index (χ3v) is 6.25. The molecule has 0 spiro atoms. The van der Waals surface area contributed by atoms with Crippen molar-refractivity contribution in [2.75, 3.05) is 6.54 Å². The Bertz CT molecular complexity index is 795. The van der Waals surface area contributed by atoms with Gasteiger partial charge in [0.2, 0.25) is 0 Å². The van der Waals surface area contributed by atoms with Crippen LogP contribution in [0, 0.1) is 13.8 Å². The molecule has 0 unspecified atom stereocenters.